The van der Waals surface area contributed by atoms with Crippen LogP contribution >= 0.6 is 0 Å². The summed E-state index contributed by atoms with van der Waals surface area (Å²) in [7, 11) is 0. The van der Waals surface area contributed by atoms with E-state index in [4.69, 9.17) is 0 Å². The van der Waals surface area contributed by atoms with E-state index in [1.165, 1.54) is 6.92 Å². The van der Waals surface area contributed by atoms with Gasteiger partial charge in [0.05, 0.1) is 5.56 Å². The van der Waals surface area contributed by atoms with Gasteiger partial charge in [0.15, 0.2) is 0 Å². The molecule has 0 spiro atoms. The Morgan fingerprint density at radius 3 is 2.63 bits per heavy atom. The van der Waals surface area contributed by atoms with Crippen molar-refractivity contribution in [2.24, 2.45) is 0 Å². The second kappa shape index (κ2) is 5.40. The fraction of sp³-hybridized carbons (Fsp3) is 0.200. The van der Waals surface area contributed by atoms with Gasteiger partial charge in [0.25, 0.3) is 0 Å². The van der Waals surface area contributed by atoms with Gasteiger partial charge < -0.3 is 10.3 Å². The lowest BCUT2D eigenvalue weighted by Gasteiger charge is -2.00. The third-order valence-corrected chi connectivity index (χ3v) is 2.99. The van der Waals surface area contributed by atoms with Crippen LogP contribution in [0.4, 0.5) is 5.82 Å². The molecule has 0 bridgehead atoms. The summed E-state index contributed by atoms with van der Waals surface area (Å²) < 4.78 is 0. The van der Waals surface area contributed by atoms with Crippen LogP contribution in [0.1, 0.15) is 29.3 Å². The van der Waals surface area contributed by atoms with Gasteiger partial charge in [-0.2, -0.15) is 5.26 Å². The summed E-state index contributed by atoms with van der Waals surface area (Å²) >= 11 is 0. The normalized spacial score (nSPS) is 9.95. The molecule has 0 unspecified atom stereocenters. The van der Waals surface area contributed by atoms with Gasteiger partial charge in [0, 0.05) is 19.0 Å². The van der Waals surface area contributed by atoms with Gasteiger partial charge in [-0.15, -0.1) is 0 Å². The first-order chi connectivity index (χ1) is 9.11. The largest absolute Gasteiger partial charge is 0.344 e. The zero-order chi connectivity index (χ0) is 13.8. The van der Waals surface area contributed by atoms with Crippen LogP contribution in [0.2, 0.25) is 0 Å². The Morgan fingerprint density at radius 1 is 1.37 bits per heavy atom. The molecular weight excluding hydrogens is 238 g/mol. The highest BCUT2D eigenvalue weighted by Crippen LogP contribution is 2.23. The van der Waals surface area contributed by atoms with Crippen LogP contribution < -0.4 is 5.32 Å². The second-order valence-corrected chi connectivity index (χ2v) is 4.43. The lowest BCUT2D eigenvalue weighted by Crippen LogP contribution is -2.07. The van der Waals surface area contributed by atoms with Crippen molar-refractivity contribution in [2.75, 3.05) is 5.32 Å². The molecule has 0 atom stereocenters. The molecule has 96 valence electrons. The lowest BCUT2D eigenvalue weighted by molar-refractivity contribution is -0.114. The molecular formula is C15H15N3O. The van der Waals surface area contributed by atoms with Crippen LogP contribution in [0.15, 0.2) is 30.3 Å². The summed E-state index contributed by atoms with van der Waals surface area (Å²) in [5, 5.41) is 11.8. The summed E-state index contributed by atoms with van der Waals surface area (Å²) in [5.74, 6) is 0.294. The first kappa shape index (κ1) is 12.9. The molecule has 2 N–H and O–H groups in total. The van der Waals surface area contributed by atoms with E-state index in [9.17, 15) is 10.1 Å². The zero-order valence-corrected chi connectivity index (χ0v) is 10.9. The number of nitrogens with zero attached hydrogens (tertiary/aromatic N) is 1. The number of carbonyl (C=O) groups excluding carboxylic acids is 1. The van der Waals surface area contributed by atoms with Crippen molar-refractivity contribution in [2.45, 2.75) is 20.3 Å². The van der Waals surface area contributed by atoms with Gasteiger partial charge in [-0.3, -0.25) is 4.79 Å². The molecule has 2 rings (SSSR count). The van der Waals surface area contributed by atoms with Gasteiger partial charge in [0.1, 0.15) is 11.9 Å². The fourth-order valence-electron chi connectivity index (χ4n) is 2.03. The molecule has 1 aromatic heterocycles. The number of hydrogen-bond acceptors (Lipinski definition) is 2. The Morgan fingerprint density at radius 2 is 2.05 bits per heavy atom. The molecule has 0 aliphatic rings. The lowest BCUT2D eigenvalue weighted by atomic mass is 10.1. The van der Waals surface area contributed by atoms with E-state index >= 15 is 0 Å². The molecule has 4 heteroatoms. The highest BCUT2D eigenvalue weighted by Gasteiger charge is 2.14. The van der Waals surface area contributed by atoms with E-state index in [2.05, 4.69) is 16.4 Å². The smallest absolute Gasteiger partial charge is 0.222 e. The maximum absolute atomic E-state index is 11.1. The molecule has 1 aromatic carbocycles. The van der Waals surface area contributed by atoms with Crippen molar-refractivity contribution < 1.29 is 4.79 Å². The minimum Gasteiger partial charge on any atom is -0.344 e. The number of nitrogens with one attached hydrogen (secondary N) is 2. The van der Waals surface area contributed by atoms with Gasteiger partial charge in [-0.1, -0.05) is 30.3 Å². The van der Waals surface area contributed by atoms with Gasteiger partial charge >= 0.3 is 0 Å². The van der Waals surface area contributed by atoms with E-state index in [1.807, 2.05) is 37.3 Å². The highest BCUT2D eigenvalue weighted by atomic mass is 16.1. The minimum absolute atomic E-state index is 0.191. The minimum atomic E-state index is -0.191. The average Bonchev–Trinajstić information content (AvgIpc) is 2.66. The van der Waals surface area contributed by atoms with Crippen LogP contribution in [0.5, 0.6) is 0 Å². The van der Waals surface area contributed by atoms with Crippen molar-refractivity contribution in [1.82, 2.24) is 4.98 Å². The van der Waals surface area contributed by atoms with Crippen molar-refractivity contribution in [3.05, 3.63) is 52.7 Å². The molecule has 1 amide bonds. The van der Waals surface area contributed by atoms with Crippen LogP contribution in [-0.4, -0.2) is 10.9 Å². The molecule has 0 radical (unpaired) electrons. The number of aromatic amines is 1. The third-order valence-electron chi connectivity index (χ3n) is 2.99. The third kappa shape index (κ3) is 2.83. The Labute approximate surface area is 112 Å². The Bertz CT molecular complexity index is 635. The maximum atomic E-state index is 11.1. The fourth-order valence-corrected chi connectivity index (χ4v) is 2.03. The maximum Gasteiger partial charge on any atom is 0.222 e. The SMILES string of the molecule is CC(=O)Nc1[nH]c(Cc2ccccc2)c(C)c1C#N. The predicted octanol–water partition coefficient (Wildman–Crippen LogP) is 2.74. The molecule has 4 nitrogen and oxygen atoms in total. The molecule has 0 aliphatic heterocycles. The van der Waals surface area contributed by atoms with E-state index < -0.39 is 0 Å². The number of nitriles is 1. The quantitative estimate of drug-likeness (QED) is 0.883. The van der Waals surface area contributed by atoms with Crippen LogP contribution in [0.25, 0.3) is 0 Å². The second-order valence-electron chi connectivity index (χ2n) is 4.43. The van der Waals surface area contributed by atoms with E-state index in [1.54, 1.807) is 0 Å². The number of benzene rings is 1. The molecule has 0 saturated carbocycles. The first-order valence-corrected chi connectivity index (χ1v) is 6.05. The summed E-state index contributed by atoms with van der Waals surface area (Å²) in [6, 6.07) is 12.1. The van der Waals surface area contributed by atoms with Gasteiger partial charge in [-0.25, -0.2) is 0 Å². The summed E-state index contributed by atoms with van der Waals surface area (Å²) in [4.78, 5) is 14.2. The Kier molecular flexibility index (Phi) is 3.67. The van der Waals surface area contributed by atoms with E-state index in [0.717, 1.165) is 16.8 Å². The number of anilines is 1. The highest BCUT2D eigenvalue weighted by molar-refractivity contribution is 5.89. The molecule has 2 aromatic rings. The molecule has 0 saturated heterocycles. The number of carbonyl (C=O) groups is 1. The van der Waals surface area contributed by atoms with Crippen molar-refractivity contribution >= 4 is 11.7 Å². The van der Waals surface area contributed by atoms with Crippen LogP contribution in [0.3, 0.4) is 0 Å². The Hall–Kier alpha value is -2.54. The summed E-state index contributed by atoms with van der Waals surface area (Å²) in [6.45, 7) is 3.31. The summed E-state index contributed by atoms with van der Waals surface area (Å²) in [6.07, 6.45) is 0.709. The topological polar surface area (TPSA) is 68.7 Å². The predicted molar refractivity (Wildman–Crippen MR) is 73.8 cm³/mol. The van der Waals surface area contributed by atoms with E-state index in [0.29, 0.717) is 17.8 Å². The van der Waals surface area contributed by atoms with Gasteiger partial charge in [-0.05, 0) is 18.1 Å². The summed E-state index contributed by atoms with van der Waals surface area (Å²) in [5.41, 5.74) is 3.49. The molecule has 1 heterocycles. The van der Waals surface area contributed by atoms with Crippen molar-refractivity contribution in [1.29, 1.82) is 5.26 Å². The standard InChI is InChI=1S/C15H15N3O/c1-10-13(9-16)15(17-11(2)19)18-14(10)8-12-6-4-3-5-7-12/h3-7,18H,8H2,1-2H3,(H,17,19). The van der Waals surface area contributed by atoms with E-state index in [-0.39, 0.29) is 5.91 Å². The van der Waals surface area contributed by atoms with Crippen LogP contribution in [0, 0.1) is 18.3 Å². The van der Waals surface area contributed by atoms with Crippen LogP contribution in [-0.2, 0) is 11.2 Å². The number of amides is 1. The number of hydrogen-bond donors (Lipinski definition) is 2. The number of rotatable bonds is 3. The number of H-pyrrole nitrogens is 1. The first-order valence-electron chi connectivity index (χ1n) is 6.05. The zero-order valence-electron chi connectivity index (χ0n) is 10.9. The van der Waals surface area contributed by atoms with Crippen molar-refractivity contribution in [3.8, 4) is 6.07 Å². The Balaban J connectivity index is 2.34. The molecule has 19 heavy (non-hydrogen) atoms. The molecule has 0 fully saturated rings. The average molecular weight is 253 g/mol. The monoisotopic (exact) mass is 253 g/mol. The number of aromatic nitrogens is 1. The van der Waals surface area contributed by atoms with Crippen molar-refractivity contribution in [3.63, 3.8) is 0 Å². The van der Waals surface area contributed by atoms with Gasteiger partial charge in [0.2, 0.25) is 5.91 Å². The molecule has 0 aliphatic carbocycles.